The molecule has 84 valence electrons. The van der Waals surface area contributed by atoms with E-state index in [1.165, 1.54) is 0 Å². The fraction of sp³-hybridized carbons (Fsp3) is 0.333. The van der Waals surface area contributed by atoms with E-state index in [0.29, 0.717) is 10.6 Å². The van der Waals surface area contributed by atoms with Crippen molar-refractivity contribution in [2.24, 2.45) is 0 Å². The number of nitrogens with one attached hydrogen (secondary N) is 1. The summed E-state index contributed by atoms with van der Waals surface area (Å²) in [5.41, 5.74) is 0.454. The molecule has 0 aliphatic carbocycles. The molecule has 0 spiro atoms. The zero-order valence-electron chi connectivity index (χ0n) is 9.47. The lowest BCUT2D eigenvalue weighted by atomic mass is 10.0. The highest BCUT2D eigenvalue weighted by molar-refractivity contribution is 6.30. The lowest BCUT2D eigenvalue weighted by Crippen LogP contribution is -2.42. The molecule has 0 aliphatic heterocycles. The molecular weight excluding hydrogens is 224 g/mol. The van der Waals surface area contributed by atoms with Crippen molar-refractivity contribution in [2.45, 2.75) is 26.3 Å². The van der Waals surface area contributed by atoms with Crippen LogP contribution in [0.4, 0.5) is 0 Å². The first-order valence-corrected chi connectivity index (χ1v) is 5.23. The highest BCUT2D eigenvalue weighted by atomic mass is 35.5. The second kappa shape index (κ2) is 4.54. The smallest absolute Gasteiger partial charge is 0.252 e. The molecule has 1 amide bonds. The van der Waals surface area contributed by atoms with Crippen LogP contribution in [0.25, 0.3) is 0 Å². The molecular formula is C12H13ClN2O. The van der Waals surface area contributed by atoms with Gasteiger partial charge in [0, 0.05) is 10.6 Å². The number of carbonyl (C=O) groups is 1. The van der Waals surface area contributed by atoms with Crippen molar-refractivity contribution in [3.63, 3.8) is 0 Å². The molecule has 0 bridgehead atoms. The van der Waals surface area contributed by atoms with Crippen LogP contribution in [0.15, 0.2) is 18.2 Å². The number of carbonyl (C=O) groups excluding carboxylic acids is 1. The van der Waals surface area contributed by atoms with Crippen molar-refractivity contribution in [1.82, 2.24) is 5.32 Å². The summed E-state index contributed by atoms with van der Waals surface area (Å²) in [7, 11) is 0. The first kappa shape index (κ1) is 12.5. The number of rotatable bonds is 2. The first-order chi connectivity index (χ1) is 7.35. The van der Waals surface area contributed by atoms with Crippen molar-refractivity contribution in [1.29, 1.82) is 5.26 Å². The zero-order chi connectivity index (χ0) is 12.3. The van der Waals surface area contributed by atoms with E-state index in [1.54, 1.807) is 39.0 Å². The molecule has 1 aromatic carbocycles. The average molecular weight is 237 g/mol. The van der Waals surface area contributed by atoms with Gasteiger partial charge in [-0.3, -0.25) is 4.79 Å². The maximum absolute atomic E-state index is 11.8. The molecule has 1 N–H and O–H groups in total. The van der Waals surface area contributed by atoms with Crippen LogP contribution in [-0.2, 0) is 0 Å². The van der Waals surface area contributed by atoms with Crippen LogP contribution in [0.1, 0.15) is 29.8 Å². The van der Waals surface area contributed by atoms with E-state index >= 15 is 0 Å². The van der Waals surface area contributed by atoms with Crippen molar-refractivity contribution in [3.05, 3.63) is 34.3 Å². The molecule has 0 heterocycles. The average Bonchev–Trinajstić information content (AvgIpc) is 2.16. The molecule has 0 atom stereocenters. The van der Waals surface area contributed by atoms with Crippen LogP contribution in [0.3, 0.4) is 0 Å². The van der Waals surface area contributed by atoms with Gasteiger partial charge in [0.25, 0.3) is 5.91 Å². The summed E-state index contributed by atoms with van der Waals surface area (Å²) in [6.07, 6.45) is 0. The summed E-state index contributed by atoms with van der Waals surface area (Å²) >= 11 is 5.80. The Balaban J connectivity index is 2.95. The first-order valence-electron chi connectivity index (χ1n) is 4.85. The highest BCUT2D eigenvalue weighted by Crippen LogP contribution is 2.15. The van der Waals surface area contributed by atoms with Gasteiger partial charge in [-0.1, -0.05) is 11.6 Å². The third kappa shape index (κ3) is 2.98. The van der Waals surface area contributed by atoms with Crippen molar-refractivity contribution in [3.8, 4) is 6.07 Å². The number of hydrogen-bond acceptors (Lipinski definition) is 2. The van der Waals surface area contributed by atoms with Crippen LogP contribution >= 0.6 is 11.6 Å². The summed E-state index contributed by atoms with van der Waals surface area (Å²) in [6, 6.07) is 7.04. The maximum Gasteiger partial charge on any atom is 0.252 e. The zero-order valence-corrected chi connectivity index (χ0v) is 10.2. The fourth-order valence-corrected chi connectivity index (χ4v) is 1.49. The quantitative estimate of drug-likeness (QED) is 0.858. The van der Waals surface area contributed by atoms with E-state index in [-0.39, 0.29) is 5.91 Å². The summed E-state index contributed by atoms with van der Waals surface area (Å²) in [5.74, 6) is -0.263. The fourth-order valence-electron chi connectivity index (χ4n) is 1.26. The molecule has 0 aliphatic rings. The van der Waals surface area contributed by atoms with Crippen LogP contribution in [0, 0.1) is 18.3 Å². The molecule has 3 nitrogen and oxygen atoms in total. The van der Waals surface area contributed by atoms with E-state index in [0.717, 1.165) is 5.56 Å². The Labute approximate surface area is 100 Å². The van der Waals surface area contributed by atoms with Gasteiger partial charge in [-0.2, -0.15) is 5.26 Å². The van der Waals surface area contributed by atoms with Crippen molar-refractivity contribution < 1.29 is 4.79 Å². The molecule has 0 radical (unpaired) electrons. The summed E-state index contributed by atoms with van der Waals surface area (Å²) in [4.78, 5) is 11.8. The minimum atomic E-state index is -0.872. The minimum absolute atomic E-state index is 0.263. The normalized spacial score (nSPS) is 10.7. The summed E-state index contributed by atoms with van der Waals surface area (Å²) in [6.45, 7) is 5.10. The topological polar surface area (TPSA) is 52.9 Å². The van der Waals surface area contributed by atoms with E-state index in [1.807, 2.05) is 6.07 Å². The molecule has 0 saturated heterocycles. The number of hydrogen-bond donors (Lipinski definition) is 1. The SMILES string of the molecule is Cc1cc(Cl)ccc1C(=O)NC(C)(C)C#N. The Kier molecular flexibility index (Phi) is 3.56. The van der Waals surface area contributed by atoms with Gasteiger partial charge in [0.15, 0.2) is 0 Å². The maximum atomic E-state index is 11.8. The molecule has 16 heavy (non-hydrogen) atoms. The molecule has 1 rings (SSSR count). The van der Waals surface area contributed by atoms with E-state index in [9.17, 15) is 4.79 Å². The van der Waals surface area contributed by atoms with Gasteiger partial charge < -0.3 is 5.32 Å². The van der Waals surface area contributed by atoms with Crippen LogP contribution < -0.4 is 5.32 Å². The van der Waals surface area contributed by atoms with Gasteiger partial charge in [-0.15, -0.1) is 0 Å². The highest BCUT2D eigenvalue weighted by Gasteiger charge is 2.21. The van der Waals surface area contributed by atoms with E-state index in [2.05, 4.69) is 5.32 Å². The lowest BCUT2D eigenvalue weighted by Gasteiger charge is -2.18. The Morgan fingerprint density at radius 3 is 2.62 bits per heavy atom. The Hall–Kier alpha value is -1.53. The third-order valence-corrected chi connectivity index (χ3v) is 2.37. The number of aryl methyl sites for hydroxylation is 1. The number of halogens is 1. The van der Waals surface area contributed by atoms with Crippen LogP contribution in [0.5, 0.6) is 0 Å². The molecule has 4 heteroatoms. The van der Waals surface area contributed by atoms with Crippen molar-refractivity contribution in [2.75, 3.05) is 0 Å². The minimum Gasteiger partial charge on any atom is -0.334 e. The van der Waals surface area contributed by atoms with Gasteiger partial charge in [0.1, 0.15) is 5.54 Å². The molecule has 1 aromatic rings. The van der Waals surface area contributed by atoms with E-state index in [4.69, 9.17) is 16.9 Å². The number of nitrogens with zero attached hydrogens (tertiary/aromatic N) is 1. The lowest BCUT2D eigenvalue weighted by molar-refractivity contribution is 0.0928. The van der Waals surface area contributed by atoms with Gasteiger partial charge in [0.05, 0.1) is 6.07 Å². The van der Waals surface area contributed by atoms with E-state index < -0.39 is 5.54 Å². The largest absolute Gasteiger partial charge is 0.334 e. The second-order valence-corrected chi connectivity index (χ2v) is 4.59. The van der Waals surface area contributed by atoms with Gasteiger partial charge in [-0.25, -0.2) is 0 Å². The number of benzene rings is 1. The Morgan fingerprint density at radius 2 is 2.12 bits per heavy atom. The summed E-state index contributed by atoms with van der Waals surface area (Å²) in [5, 5.41) is 12.0. The standard InChI is InChI=1S/C12H13ClN2O/c1-8-6-9(13)4-5-10(8)11(16)15-12(2,3)7-14/h4-6H,1-3H3,(H,15,16). The monoisotopic (exact) mass is 236 g/mol. The third-order valence-electron chi connectivity index (χ3n) is 2.14. The van der Waals surface area contributed by atoms with Crippen LogP contribution in [-0.4, -0.2) is 11.4 Å². The van der Waals surface area contributed by atoms with Gasteiger partial charge in [0.2, 0.25) is 0 Å². The number of nitriles is 1. The van der Waals surface area contributed by atoms with Crippen LogP contribution in [0.2, 0.25) is 5.02 Å². The Bertz CT molecular complexity index is 461. The Morgan fingerprint density at radius 1 is 1.50 bits per heavy atom. The summed E-state index contributed by atoms with van der Waals surface area (Å²) < 4.78 is 0. The second-order valence-electron chi connectivity index (χ2n) is 4.15. The molecule has 0 fully saturated rings. The van der Waals surface area contributed by atoms with Crippen molar-refractivity contribution >= 4 is 17.5 Å². The molecule has 0 unspecified atom stereocenters. The molecule has 0 saturated carbocycles. The van der Waals surface area contributed by atoms with Gasteiger partial charge in [-0.05, 0) is 44.5 Å². The molecule has 0 aromatic heterocycles. The predicted molar refractivity (Wildman–Crippen MR) is 63.3 cm³/mol. The number of amides is 1. The van der Waals surface area contributed by atoms with Gasteiger partial charge >= 0.3 is 0 Å². The predicted octanol–water partition coefficient (Wildman–Crippen LogP) is 2.68.